The highest BCUT2D eigenvalue weighted by Gasteiger charge is 2.13. The van der Waals surface area contributed by atoms with E-state index in [0.29, 0.717) is 6.54 Å². The van der Waals surface area contributed by atoms with Crippen molar-refractivity contribution in [1.82, 2.24) is 19.4 Å². The first-order valence-corrected chi connectivity index (χ1v) is 6.16. The number of piperazine rings is 1. The maximum atomic E-state index is 11.6. The highest BCUT2D eigenvalue weighted by Crippen LogP contribution is 1.99. The second-order valence-corrected chi connectivity index (χ2v) is 4.72. The molecule has 0 spiro atoms. The van der Waals surface area contributed by atoms with Gasteiger partial charge in [-0.2, -0.15) is 0 Å². The summed E-state index contributed by atoms with van der Waals surface area (Å²) in [6.07, 6.45) is 3.25. The average molecular weight is 257 g/mol. The summed E-state index contributed by atoms with van der Waals surface area (Å²) in [7, 11) is 2.13. The molecule has 1 fully saturated rings. The van der Waals surface area contributed by atoms with Gasteiger partial charge in [-0.1, -0.05) is 11.6 Å². The van der Waals surface area contributed by atoms with Crippen LogP contribution in [0.4, 0.5) is 0 Å². The Bertz CT molecular complexity index is 426. The SMILES string of the molecule is CN1CCN(CCn2ccnc(Cl)c2=O)CC1. The normalized spacial score (nSPS) is 18.5. The standard InChI is InChI=1S/C11H17ClN4O/c1-14-4-6-15(7-5-14)8-9-16-3-2-13-10(12)11(16)17/h2-3H,4-9H2,1H3. The molecule has 0 unspecified atom stereocenters. The molecule has 17 heavy (non-hydrogen) atoms. The quantitative estimate of drug-likeness (QED) is 0.772. The summed E-state index contributed by atoms with van der Waals surface area (Å²) < 4.78 is 1.62. The van der Waals surface area contributed by atoms with Gasteiger partial charge in [0.2, 0.25) is 0 Å². The molecule has 1 aromatic rings. The summed E-state index contributed by atoms with van der Waals surface area (Å²) in [5.74, 6) is 0. The van der Waals surface area contributed by atoms with Crippen LogP contribution in [0.25, 0.3) is 0 Å². The summed E-state index contributed by atoms with van der Waals surface area (Å²) in [5, 5.41) is 0.0471. The van der Waals surface area contributed by atoms with Crippen LogP contribution >= 0.6 is 11.6 Å². The Labute approximate surface area is 106 Å². The topological polar surface area (TPSA) is 41.4 Å². The van der Waals surface area contributed by atoms with Crippen molar-refractivity contribution in [2.24, 2.45) is 0 Å². The number of aromatic nitrogens is 2. The van der Waals surface area contributed by atoms with Crippen molar-refractivity contribution in [2.75, 3.05) is 39.8 Å². The van der Waals surface area contributed by atoms with E-state index in [-0.39, 0.29) is 10.7 Å². The van der Waals surface area contributed by atoms with Crippen molar-refractivity contribution in [1.29, 1.82) is 0 Å². The third-order valence-corrected chi connectivity index (χ3v) is 3.38. The largest absolute Gasteiger partial charge is 0.310 e. The van der Waals surface area contributed by atoms with Crippen LogP contribution in [0.15, 0.2) is 17.2 Å². The Morgan fingerprint density at radius 2 is 2.00 bits per heavy atom. The van der Waals surface area contributed by atoms with Crippen LogP contribution in [-0.2, 0) is 6.54 Å². The van der Waals surface area contributed by atoms with Gasteiger partial charge in [0.1, 0.15) is 0 Å². The van der Waals surface area contributed by atoms with Crippen molar-refractivity contribution in [3.63, 3.8) is 0 Å². The third kappa shape index (κ3) is 3.28. The second-order valence-electron chi connectivity index (χ2n) is 4.36. The van der Waals surface area contributed by atoms with Crippen molar-refractivity contribution in [3.05, 3.63) is 27.9 Å². The lowest BCUT2D eigenvalue weighted by molar-refractivity contribution is 0.149. The molecular weight excluding hydrogens is 240 g/mol. The van der Waals surface area contributed by atoms with Gasteiger partial charge in [-0.15, -0.1) is 0 Å². The minimum absolute atomic E-state index is 0.0471. The zero-order valence-electron chi connectivity index (χ0n) is 9.97. The summed E-state index contributed by atoms with van der Waals surface area (Å²) in [4.78, 5) is 20.1. The van der Waals surface area contributed by atoms with Crippen molar-refractivity contribution in [2.45, 2.75) is 6.54 Å². The summed E-state index contributed by atoms with van der Waals surface area (Å²) in [5.41, 5.74) is -0.205. The van der Waals surface area contributed by atoms with Crippen molar-refractivity contribution < 1.29 is 0 Å². The van der Waals surface area contributed by atoms with Gasteiger partial charge < -0.3 is 9.47 Å². The number of likely N-dealkylation sites (N-methyl/N-ethyl adjacent to an activating group) is 1. The van der Waals surface area contributed by atoms with Crippen LogP contribution in [0, 0.1) is 0 Å². The summed E-state index contributed by atoms with van der Waals surface area (Å²) in [6.45, 7) is 5.85. The van der Waals surface area contributed by atoms with Crippen LogP contribution in [0.3, 0.4) is 0 Å². The maximum Gasteiger partial charge on any atom is 0.288 e. The molecule has 94 valence electrons. The van der Waals surface area contributed by atoms with Gasteiger partial charge >= 0.3 is 0 Å². The molecule has 0 amide bonds. The first-order chi connectivity index (χ1) is 8.16. The van der Waals surface area contributed by atoms with E-state index in [4.69, 9.17) is 11.6 Å². The van der Waals surface area contributed by atoms with E-state index in [1.807, 2.05) is 0 Å². The molecule has 0 N–H and O–H groups in total. The molecule has 0 radical (unpaired) electrons. The Hall–Kier alpha value is -0.910. The van der Waals surface area contributed by atoms with E-state index in [1.54, 1.807) is 17.0 Å². The van der Waals surface area contributed by atoms with Gasteiger partial charge in [0, 0.05) is 51.7 Å². The Morgan fingerprint density at radius 3 is 2.71 bits per heavy atom. The van der Waals surface area contributed by atoms with Gasteiger partial charge in [0.05, 0.1) is 0 Å². The van der Waals surface area contributed by atoms with Crippen molar-refractivity contribution >= 4 is 11.6 Å². The van der Waals surface area contributed by atoms with Crippen LogP contribution in [0.5, 0.6) is 0 Å². The minimum Gasteiger partial charge on any atom is -0.310 e. The fraction of sp³-hybridized carbons (Fsp3) is 0.636. The van der Waals surface area contributed by atoms with Gasteiger partial charge in [-0.25, -0.2) is 4.98 Å². The molecule has 0 saturated carbocycles. The van der Waals surface area contributed by atoms with Crippen LogP contribution in [-0.4, -0.2) is 59.1 Å². The molecule has 0 aliphatic carbocycles. The minimum atomic E-state index is -0.205. The van der Waals surface area contributed by atoms with Gasteiger partial charge in [0.25, 0.3) is 5.56 Å². The van der Waals surface area contributed by atoms with Gasteiger partial charge in [-0.05, 0) is 7.05 Å². The molecule has 1 aliphatic heterocycles. The number of halogens is 1. The summed E-state index contributed by atoms with van der Waals surface area (Å²) in [6, 6.07) is 0. The van der Waals surface area contributed by atoms with E-state index in [0.717, 1.165) is 32.7 Å². The van der Waals surface area contributed by atoms with E-state index in [1.165, 1.54) is 0 Å². The average Bonchev–Trinajstić information content (AvgIpc) is 2.33. The van der Waals surface area contributed by atoms with E-state index >= 15 is 0 Å². The number of hydrogen-bond acceptors (Lipinski definition) is 4. The van der Waals surface area contributed by atoms with E-state index in [2.05, 4.69) is 21.8 Å². The Morgan fingerprint density at radius 1 is 1.29 bits per heavy atom. The second kappa shape index (κ2) is 5.62. The lowest BCUT2D eigenvalue weighted by atomic mass is 10.3. The molecule has 0 bridgehead atoms. The summed E-state index contributed by atoms with van der Waals surface area (Å²) >= 11 is 5.69. The lowest BCUT2D eigenvalue weighted by Crippen LogP contribution is -2.45. The van der Waals surface area contributed by atoms with E-state index < -0.39 is 0 Å². The predicted octanol–water partition coefficient (Wildman–Crippen LogP) is 0.144. The first kappa shape index (κ1) is 12.5. The lowest BCUT2D eigenvalue weighted by Gasteiger charge is -2.32. The molecule has 2 heterocycles. The zero-order valence-corrected chi connectivity index (χ0v) is 10.7. The molecule has 2 rings (SSSR count). The molecular formula is C11H17ClN4O. The first-order valence-electron chi connectivity index (χ1n) is 5.78. The molecule has 1 aliphatic rings. The fourth-order valence-electron chi connectivity index (χ4n) is 1.92. The number of nitrogens with zero attached hydrogens (tertiary/aromatic N) is 4. The van der Waals surface area contributed by atoms with Crippen LogP contribution in [0.2, 0.25) is 5.15 Å². The highest BCUT2D eigenvalue weighted by atomic mass is 35.5. The Kier molecular flexibility index (Phi) is 4.15. The fourth-order valence-corrected chi connectivity index (χ4v) is 2.08. The maximum absolute atomic E-state index is 11.6. The third-order valence-electron chi connectivity index (χ3n) is 3.12. The Balaban J connectivity index is 1.90. The molecule has 5 nitrogen and oxygen atoms in total. The smallest absolute Gasteiger partial charge is 0.288 e. The molecule has 6 heteroatoms. The van der Waals surface area contributed by atoms with Crippen LogP contribution in [0.1, 0.15) is 0 Å². The predicted molar refractivity (Wildman–Crippen MR) is 67.4 cm³/mol. The van der Waals surface area contributed by atoms with E-state index in [9.17, 15) is 4.79 Å². The van der Waals surface area contributed by atoms with Gasteiger partial charge in [-0.3, -0.25) is 9.69 Å². The molecule has 0 aromatic carbocycles. The zero-order chi connectivity index (χ0) is 12.3. The van der Waals surface area contributed by atoms with Crippen molar-refractivity contribution in [3.8, 4) is 0 Å². The molecule has 0 atom stereocenters. The molecule has 1 saturated heterocycles. The number of hydrogen-bond donors (Lipinski definition) is 0. The highest BCUT2D eigenvalue weighted by molar-refractivity contribution is 6.29. The monoisotopic (exact) mass is 256 g/mol. The molecule has 1 aromatic heterocycles. The van der Waals surface area contributed by atoms with Gasteiger partial charge in [0.15, 0.2) is 5.15 Å². The number of rotatable bonds is 3. The van der Waals surface area contributed by atoms with Crippen LogP contribution < -0.4 is 5.56 Å².